The number of unbranched alkanes of at least 4 members (excludes halogenated alkanes) is 2. The number of methoxy groups -OCH3 is 1. The van der Waals surface area contributed by atoms with E-state index in [1.807, 2.05) is 43.3 Å². The number of Topliss-reactive ketones (excluding diaryl/α,β-unsaturated/α-hetero) is 1. The molecule has 0 aliphatic carbocycles. The van der Waals surface area contributed by atoms with Crippen molar-refractivity contribution < 1.29 is 19.4 Å². The summed E-state index contributed by atoms with van der Waals surface area (Å²) in [6, 6.07) is 13.9. The van der Waals surface area contributed by atoms with Crippen LogP contribution in [0.5, 0.6) is 5.75 Å². The number of benzene rings is 2. The van der Waals surface area contributed by atoms with Crippen LogP contribution in [0.15, 0.2) is 54.1 Å². The van der Waals surface area contributed by atoms with Gasteiger partial charge in [-0.05, 0) is 31.0 Å². The molecule has 0 bridgehead atoms. The average Bonchev–Trinajstić information content (AvgIpc) is 2.99. The number of aryl methyl sites for hydroxylation is 1. The fourth-order valence-corrected chi connectivity index (χ4v) is 3.67. The fraction of sp³-hybridized carbons (Fsp3) is 0.333. The highest BCUT2D eigenvalue weighted by Gasteiger charge is 2.45. The highest BCUT2D eigenvalue weighted by molar-refractivity contribution is 6.46. The smallest absolute Gasteiger partial charge is 0.295 e. The Morgan fingerprint density at radius 3 is 2.48 bits per heavy atom. The number of ether oxygens (including phenoxy) is 1. The molecule has 2 aromatic rings. The quantitative estimate of drug-likeness (QED) is 0.323. The van der Waals surface area contributed by atoms with Crippen LogP contribution in [-0.2, 0) is 9.59 Å². The van der Waals surface area contributed by atoms with Crippen LogP contribution in [0.25, 0.3) is 5.76 Å². The molecule has 1 aliphatic rings. The highest BCUT2D eigenvalue weighted by atomic mass is 16.5. The largest absolute Gasteiger partial charge is 0.507 e. The predicted octanol–water partition coefficient (Wildman–Crippen LogP) is 4.62. The molecule has 0 aromatic heterocycles. The number of hydrogen-bond acceptors (Lipinski definition) is 4. The average molecular weight is 393 g/mol. The summed E-state index contributed by atoms with van der Waals surface area (Å²) < 4.78 is 5.33. The number of aliphatic hydroxyl groups excluding tert-OH is 1. The van der Waals surface area contributed by atoms with E-state index in [0.29, 0.717) is 17.9 Å². The maximum Gasteiger partial charge on any atom is 0.295 e. The first-order valence-corrected chi connectivity index (χ1v) is 9.97. The third-order valence-electron chi connectivity index (χ3n) is 5.28. The lowest BCUT2D eigenvalue weighted by Crippen LogP contribution is -2.30. The summed E-state index contributed by atoms with van der Waals surface area (Å²) >= 11 is 0. The molecule has 0 spiro atoms. The van der Waals surface area contributed by atoms with E-state index >= 15 is 0 Å². The number of rotatable bonds is 7. The van der Waals surface area contributed by atoms with Gasteiger partial charge in [0.05, 0.1) is 18.7 Å². The first-order valence-electron chi connectivity index (χ1n) is 9.97. The van der Waals surface area contributed by atoms with Crippen molar-refractivity contribution in [1.82, 2.24) is 4.90 Å². The standard InChI is InChI=1S/C24H27NO4/c1-4-5-6-14-25-21(18-8-7-9-19(15-18)29-3)20(23(27)24(25)28)22(26)17-12-10-16(2)11-13-17/h7-13,15,21,26H,4-6,14H2,1-3H3/b22-20-. The van der Waals surface area contributed by atoms with Crippen molar-refractivity contribution in [2.24, 2.45) is 0 Å². The van der Waals surface area contributed by atoms with Gasteiger partial charge in [0.25, 0.3) is 11.7 Å². The zero-order chi connectivity index (χ0) is 21.0. The van der Waals surface area contributed by atoms with E-state index in [-0.39, 0.29) is 11.3 Å². The van der Waals surface area contributed by atoms with Crippen molar-refractivity contribution in [1.29, 1.82) is 0 Å². The Balaban J connectivity index is 2.12. The van der Waals surface area contributed by atoms with Crippen LogP contribution >= 0.6 is 0 Å². The van der Waals surface area contributed by atoms with Gasteiger partial charge in [0.2, 0.25) is 0 Å². The van der Waals surface area contributed by atoms with Gasteiger partial charge in [0.15, 0.2) is 0 Å². The van der Waals surface area contributed by atoms with Gasteiger partial charge in [-0.25, -0.2) is 0 Å². The van der Waals surface area contributed by atoms with Gasteiger partial charge in [-0.2, -0.15) is 0 Å². The number of hydrogen-bond donors (Lipinski definition) is 1. The zero-order valence-electron chi connectivity index (χ0n) is 17.1. The van der Waals surface area contributed by atoms with Crippen LogP contribution in [0.3, 0.4) is 0 Å². The predicted molar refractivity (Wildman–Crippen MR) is 113 cm³/mol. The van der Waals surface area contributed by atoms with Crippen LogP contribution in [0.4, 0.5) is 0 Å². The lowest BCUT2D eigenvalue weighted by Gasteiger charge is -2.25. The minimum absolute atomic E-state index is 0.128. The van der Waals surface area contributed by atoms with Crippen LogP contribution in [0.2, 0.25) is 0 Å². The van der Waals surface area contributed by atoms with E-state index in [0.717, 1.165) is 30.4 Å². The molecule has 1 unspecified atom stereocenters. The first kappa shape index (κ1) is 20.6. The normalized spacial score (nSPS) is 18.3. The van der Waals surface area contributed by atoms with Crippen LogP contribution < -0.4 is 4.74 Å². The summed E-state index contributed by atoms with van der Waals surface area (Å²) in [5, 5.41) is 11.0. The van der Waals surface area contributed by atoms with Gasteiger partial charge < -0.3 is 14.7 Å². The highest BCUT2D eigenvalue weighted by Crippen LogP contribution is 2.40. The molecule has 5 heteroatoms. The molecule has 1 N–H and O–H groups in total. The van der Waals surface area contributed by atoms with E-state index < -0.39 is 17.7 Å². The van der Waals surface area contributed by atoms with Gasteiger partial charge in [0.1, 0.15) is 11.5 Å². The molecule has 1 amide bonds. The van der Waals surface area contributed by atoms with Crippen LogP contribution in [-0.4, -0.2) is 35.4 Å². The van der Waals surface area contributed by atoms with E-state index in [1.165, 1.54) is 0 Å². The zero-order valence-corrected chi connectivity index (χ0v) is 17.1. The Morgan fingerprint density at radius 1 is 1.10 bits per heavy atom. The number of likely N-dealkylation sites (tertiary alicyclic amines) is 1. The lowest BCUT2D eigenvalue weighted by atomic mass is 9.95. The Hall–Kier alpha value is -3.08. The summed E-state index contributed by atoms with van der Waals surface area (Å²) in [6.07, 6.45) is 2.78. The monoisotopic (exact) mass is 393 g/mol. The summed E-state index contributed by atoms with van der Waals surface area (Å²) in [4.78, 5) is 27.3. The Labute approximate surface area is 171 Å². The molecule has 1 fully saturated rings. The number of nitrogens with zero attached hydrogens (tertiary/aromatic N) is 1. The van der Waals surface area contributed by atoms with Crippen LogP contribution in [0.1, 0.15) is 48.9 Å². The van der Waals surface area contributed by atoms with Gasteiger partial charge in [-0.3, -0.25) is 9.59 Å². The van der Waals surface area contributed by atoms with Crippen molar-refractivity contribution in [2.75, 3.05) is 13.7 Å². The van der Waals surface area contributed by atoms with E-state index in [1.54, 1.807) is 24.1 Å². The van der Waals surface area contributed by atoms with Crippen molar-refractivity contribution in [3.63, 3.8) is 0 Å². The van der Waals surface area contributed by atoms with E-state index in [2.05, 4.69) is 6.92 Å². The van der Waals surface area contributed by atoms with Gasteiger partial charge in [0, 0.05) is 12.1 Å². The molecule has 152 valence electrons. The van der Waals surface area contributed by atoms with Crippen molar-refractivity contribution in [3.8, 4) is 5.75 Å². The van der Waals surface area contributed by atoms with Gasteiger partial charge in [-0.1, -0.05) is 61.7 Å². The van der Waals surface area contributed by atoms with Crippen molar-refractivity contribution >= 4 is 17.4 Å². The molecule has 1 atom stereocenters. The number of amides is 1. The van der Waals surface area contributed by atoms with E-state index in [4.69, 9.17) is 4.74 Å². The van der Waals surface area contributed by atoms with E-state index in [9.17, 15) is 14.7 Å². The summed E-state index contributed by atoms with van der Waals surface area (Å²) in [5.74, 6) is -0.721. The number of aliphatic hydroxyl groups is 1. The third kappa shape index (κ3) is 4.19. The molecule has 1 heterocycles. The molecule has 0 saturated carbocycles. The number of carbonyl (C=O) groups excluding carboxylic acids is 2. The Morgan fingerprint density at radius 2 is 1.83 bits per heavy atom. The van der Waals surface area contributed by atoms with Crippen molar-refractivity contribution in [2.45, 2.75) is 39.2 Å². The molecule has 29 heavy (non-hydrogen) atoms. The second kappa shape index (κ2) is 8.95. The molecule has 0 radical (unpaired) electrons. The van der Waals surface area contributed by atoms with Gasteiger partial charge >= 0.3 is 0 Å². The molecule has 1 saturated heterocycles. The Kier molecular flexibility index (Phi) is 6.37. The molecular formula is C24H27NO4. The number of ketones is 1. The molecule has 2 aromatic carbocycles. The summed E-state index contributed by atoms with van der Waals surface area (Å²) in [6.45, 7) is 4.50. The Bertz CT molecular complexity index is 930. The minimum Gasteiger partial charge on any atom is -0.507 e. The molecule has 3 rings (SSSR count). The first-order chi connectivity index (χ1) is 14.0. The maximum atomic E-state index is 12.9. The summed E-state index contributed by atoms with van der Waals surface area (Å²) in [5.41, 5.74) is 2.44. The second-order valence-corrected chi connectivity index (χ2v) is 7.34. The van der Waals surface area contributed by atoms with Crippen LogP contribution in [0, 0.1) is 6.92 Å². The fourth-order valence-electron chi connectivity index (χ4n) is 3.67. The minimum atomic E-state index is -0.646. The molecular weight excluding hydrogens is 366 g/mol. The summed E-state index contributed by atoms with van der Waals surface area (Å²) in [7, 11) is 1.57. The molecule has 1 aliphatic heterocycles. The number of carbonyl (C=O) groups is 2. The lowest BCUT2D eigenvalue weighted by molar-refractivity contribution is -0.139. The van der Waals surface area contributed by atoms with Gasteiger partial charge in [-0.15, -0.1) is 0 Å². The van der Waals surface area contributed by atoms with Crippen molar-refractivity contribution in [3.05, 3.63) is 70.8 Å². The third-order valence-corrected chi connectivity index (χ3v) is 5.28. The molecule has 5 nitrogen and oxygen atoms in total. The topological polar surface area (TPSA) is 66.8 Å². The maximum absolute atomic E-state index is 12.9. The second-order valence-electron chi connectivity index (χ2n) is 7.34. The SMILES string of the molecule is CCCCCN1C(=O)C(=O)/C(=C(\O)c2ccc(C)cc2)C1c1cccc(OC)c1.